The Morgan fingerprint density at radius 3 is 2.43 bits per heavy atom. The molecule has 0 bridgehead atoms. The smallest absolute Gasteiger partial charge is 0.185 e. The minimum absolute atomic E-state index is 0.133. The Morgan fingerprint density at radius 2 is 1.76 bits per heavy atom. The summed E-state index contributed by atoms with van der Waals surface area (Å²) in [6.45, 7) is 0. The molecule has 0 heterocycles. The molecule has 21 heavy (non-hydrogen) atoms. The van der Waals surface area contributed by atoms with Crippen molar-refractivity contribution < 1.29 is 19.4 Å². The fourth-order valence-electron chi connectivity index (χ4n) is 1.88. The third kappa shape index (κ3) is 3.42. The first-order valence-electron chi connectivity index (χ1n) is 6.38. The van der Waals surface area contributed by atoms with Crippen LogP contribution >= 0.6 is 0 Å². The maximum atomic E-state index is 12.1. The summed E-state index contributed by atoms with van der Waals surface area (Å²) in [5, 5.41) is 9.65. The zero-order chi connectivity index (χ0) is 15.2. The van der Waals surface area contributed by atoms with E-state index in [1.807, 2.05) is 0 Å². The highest BCUT2D eigenvalue weighted by atomic mass is 16.5. The molecule has 0 spiro atoms. The molecule has 108 valence electrons. The van der Waals surface area contributed by atoms with Gasteiger partial charge in [0.15, 0.2) is 17.3 Å². The van der Waals surface area contributed by atoms with Crippen LogP contribution in [0.25, 0.3) is 6.08 Å². The molecule has 0 saturated heterocycles. The largest absolute Gasteiger partial charge is 0.507 e. The number of para-hydroxylation sites is 1. The second-order valence-electron chi connectivity index (χ2n) is 4.33. The monoisotopic (exact) mass is 284 g/mol. The molecule has 0 unspecified atom stereocenters. The zero-order valence-corrected chi connectivity index (χ0v) is 11.9. The molecule has 1 N–H and O–H groups in total. The fourth-order valence-corrected chi connectivity index (χ4v) is 1.88. The van der Waals surface area contributed by atoms with E-state index in [2.05, 4.69) is 0 Å². The van der Waals surface area contributed by atoms with Crippen molar-refractivity contribution in [1.29, 1.82) is 0 Å². The number of hydrogen-bond donors (Lipinski definition) is 1. The first kappa shape index (κ1) is 14.7. The summed E-state index contributed by atoms with van der Waals surface area (Å²) in [7, 11) is 3.06. The van der Waals surface area contributed by atoms with Crippen molar-refractivity contribution in [2.24, 2.45) is 0 Å². The van der Waals surface area contributed by atoms with Crippen molar-refractivity contribution >= 4 is 11.9 Å². The maximum absolute atomic E-state index is 12.1. The highest BCUT2D eigenvalue weighted by molar-refractivity contribution is 6.07. The van der Waals surface area contributed by atoms with Gasteiger partial charge in [-0.1, -0.05) is 18.2 Å². The number of allylic oxidation sites excluding steroid dienone is 1. The average molecular weight is 284 g/mol. The number of carbonyl (C=O) groups excluding carboxylic acids is 1. The molecule has 0 aliphatic carbocycles. The summed E-state index contributed by atoms with van der Waals surface area (Å²) < 4.78 is 10.3. The van der Waals surface area contributed by atoms with E-state index >= 15 is 0 Å². The molecule has 2 aromatic rings. The van der Waals surface area contributed by atoms with Gasteiger partial charge in [0.05, 0.1) is 14.2 Å². The molecule has 4 heteroatoms. The van der Waals surface area contributed by atoms with Gasteiger partial charge in [0.2, 0.25) is 0 Å². The highest BCUT2D eigenvalue weighted by Crippen LogP contribution is 2.28. The molecule has 0 amide bonds. The lowest BCUT2D eigenvalue weighted by atomic mass is 10.1. The summed E-state index contributed by atoms with van der Waals surface area (Å²) in [5.41, 5.74) is 1.07. The van der Waals surface area contributed by atoms with Gasteiger partial charge in [0.25, 0.3) is 0 Å². The SMILES string of the molecule is COc1ccc(C(=O)C=Cc2ccccc2O)cc1OC. The molecule has 2 rings (SSSR count). The lowest BCUT2D eigenvalue weighted by Crippen LogP contribution is -1.97. The number of ether oxygens (including phenoxy) is 2. The van der Waals surface area contributed by atoms with Crippen molar-refractivity contribution in [2.45, 2.75) is 0 Å². The number of benzene rings is 2. The third-order valence-corrected chi connectivity index (χ3v) is 3.02. The van der Waals surface area contributed by atoms with Crippen LogP contribution in [0.4, 0.5) is 0 Å². The summed E-state index contributed by atoms with van der Waals surface area (Å²) in [6.07, 6.45) is 2.99. The number of ketones is 1. The standard InChI is InChI=1S/C17H16O4/c1-20-16-10-8-13(11-17(16)21-2)15(19)9-7-12-5-3-4-6-14(12)18/h3-11,18H,1-2H3. The Bertz CT molecular complexity index is 674. The number of carbonyl (C=O) groups is 1. The Labute approximate surface area is 123 Å². The van der Waals surface area contributed by atoms with Crippen LogP contribution in [-0.2, 0) is 0 Å². The number of phenolic OH excluding ortho intramolecular Hbond substituents is 1. The van der Waals surface area contributed by atoms with Crippen molar-refractivity contribution in [3.63, 3.8) is 0 Å². The normalized spacial score (nSPS) is 10.6. The van der Waals surface area contributed by atoms with Crippen molar-refractivity contribution in [1.82, 2.24) is 0 Å². The fraction of sp³-hybridized carbons (Fsp3) is 0.118. The molecule has 0 saturated carbocycles. The van der Waals surface area contributed by atoms with E-state index in [4.69, 9.17) is 9.47 Å². The minimum atomic E-state index is -0.181. The summed E-state index contributed by atoms with van der Waals surface area (Å²) in [5.74, 6) is 1.02. The van der Waals surface area contributed by atoms with E-state index in [0.29, 0.717) is 22.6 Å². The van der Waals surface area contributed by atoms with Gasteiger partial charge < -0.3 is 14.6 Å². The second-order valence-corrected chi connectivity index (χ2v) is 4.33. The highest BCUT2D eigenvalue weighted by Gasteiger charge is 2.08. The Balaban J connectivity index is 2.23. The van der Waals surface area contributed by atoms with Gasteiger partial charge in [0, 0.05) is 11.1 Å². The first-order chi connectivity index (χ1) is 10.2. The third-order valence-electron chi connectivity index (χ3n) is 3.02. The molecule has 0 atom stereocenters. The van der Waals surface area contributed by atoms with E-state index < -0.39 is 0 Å². The maximum Gasteiger partial charge on any atom is 0.185 e. The molecule has 2 aromatic carbocycles. The lowest BCUT2D eigenvalue weighted by molar-refractivity contribution is 0.104. The van der Waals surface area contributed by atoms with Crippen LogP contribution < -0.4 is 9.47 Å². The van der Waals surface area contributed by atoms with Crippen LogP contribution in [0.3, 0.4) is 0 Å². The van der Waals surface area contributed by atoms with Gasteiger partial charge in [-0.15, -0.1) is 0 Å². The van der Waals surface area contributed by atoms with E-state index in [1.165, 1.54) is 20.3 Å². The quantitative estimate of drug-likeness (QED) is 0.676. The molecular weight excluding hydrogens is 268 g/mol. The van der Waals surface area contributed by atoms with E-state index in [-0.39, 0.29) is 11.5 Å². The topological polar surface area (TPSA) is 55.8 Å². The molecule has 0 aliphatic rings. The number of rotatable bonds is 5. The predicted molar refractivity (Wildman–Crippen MR) is 81.0 cm³/mol. The summed E-state index contributed by atoms with van der Waals surface area (Å²) in [6, 6.07) is 11.8. The average Bonchev–Trinajstić information content (AvgIpc) is 2.53. The Kier molecular flexibility index (Phi) is 4.61. The Hall–Kier alpha value is -2.75. The van der Waals surface area contributed by atoms with Gasteiger partial charge in [-0.05, 0) is 36.4 Å². The molecule has 0 radical (unpaired) electrons. The van der Waals surface area contributed by atoms with Gasteiger partial charge in [0.1, 0.15) is 5.75 Å². The minimum Gasteiger partial charge on any atom is -0.507 e. The van der Waals surface area contributed by atoms with Crippen molar-refractivity contribution in [2.75, 3.05) is 14.2 Å². The molecule has 4 nitrogen and oxygen atoms in total. The van der Waals surface area contributed by atoms with E-state index in [9.17, 15) is 9.90 Å². The molecule has 0 fully saturated rings. The molecule has 0 aliphatic heterocycles. The van der Waals surface area contributed by atoms with Crippen LogP contribution in [0.1, 0.15) is 15.9 Å². The second kappa shape index (κ2) is 6.61. The first-order valence-corrected chi connectivity index (χ1v) is 6.38. The number of phenols is 1. The zero-order valence-electron chi connectivity index (χ0n) is 11.9. The van der Waals surface area contributed by atoms with Gasteiger partial charge >= 0.3 is 0 Å². The molecular formula is C17H16O4. The van der Waals surface area contributed by atoms with Crippen molar-refractivity contribution in [3.05, 3.63) is 59.7 Å². The number of hydrogen-bond acceptors (Lipinski definition) is 4. The van der Waals surface area contributed by atoms with Gasteiger partial charge in [-0.3, -0.25) is 4.79 Å². The van der Waals surface area contributed by atoms with E-state index in [0.717, 1.165) is 0 Å². The summed E-state index contributed by atoms with van der Waals surface area (Å²) >= 11 is 0. The molecule has 0 aromatic heterocycles. The van der Waals surface area contributed by atoms with Crippen LogP contribution in [0, 0.1) is 0 Å². The van der Waals surface area contributed by atoms with Crippen LogP contribution in [-0.4, -0.2) is 25.1 Å². The number of aromatic hydroxyl groups is 1. The Morgan fingerprint density at radius 1 is 1.05 bits per heavy atom. The van der Waals surface area contributed by atoms with E-state index in [1.54, 1.807) is 48.5 Å². The lowest BCUT2D eigenvalue weighted by Gasteiger charge is -2.08. The number of methoxy groups -OCH3 is 2. The van der Waals surface area contributed by atoms with Crippen LogP contribution in [0.15, 0.2) is 48.5 Å². The summed E-state index contributed by atoms with van der Waals surface area (Å²) in [4.78, 5) is 12.1. The van der Waals surface area contributed by atoms with Gasteiger partial charge in [-0.2, -0.15) is 0 Å². The van der Waals surface area contributed by atoms with Crippen LogP contribution in [0.5, 0.6) is 17.2 Å². The van der Waals surface area contributed by atoms with Crippen molar-refractivity contribution in [3.8, 4) is 17.2 Å². The van der Waals surface area contributed by atoms with Gasteiger partial charge in [-0.25, -0.2) is 0 Å². The van der Waals surface area contributed by atoms with Crippen LogP contribution in [0.2, 0.25) is 0 Å². The predicted octanol–water partition coefficient (Wildman–Crippen LogP) is 3.31.